The molecule has 1 aromatic carbocycles. The molecule has 0 unspecified atom stereocenters. The Balaban J connectivity index is -0.000000267. The molecule has 1 saturated carbocycles. The van der Waals surface area contributed by atoms with Crippen molar-refractivity contribution < 1.29 is 9.53 Å². The maximum Gasteiger partial charge on any atom is 0.306 e. The number of carbonyl (C=O) groups excluding carboxylic acids is 1. The van der Waals surface area contributed by atoms with Gasteiger partial charge in [0.15, 0.2) is 0 Å². The number of rotatable bonds is 15. The number of unbranched alkanes of at least 4 members (excludes halogenated alkanes) is 2. The molecule has 0 aliphatic heterocycles. The number of ether oxygens (including phenoxy) is 1. The second kappa shape index (κ2) is 36.1. The normalized spacial score (nSPS) is 13.0. The van der Waals surface area contributed by atoms with Crippen LogP contribution in [0.4, 0.5) is 0 Å². The van der Waals surface area contributed by atoms with Gasteiger partial charge in [0.1, 0.15) is 5.60 Å². The summed E-state index contributed by atoms with van der Waals surface area (Å²) >= 11 is 0. The molecule has 0 atom stereocenters. The fraction of sp³-hybridized carbons (Fsp3) is 0.854. The van der Waals surface area contributed by atoms with E-state index in [1.807, 2.05) is 20.8 Å². The SMILES string of the molecule is C.CC(C)CC(C)C.CC(C)CCC(=O)OC(C)(C)C.CC(C)CCC1CCCCC1.CC(C)CCc1ccccc1.CCCCCC(C)C. The van der Waals surface area contributed by atoms with Crippen LogP contribution in [0.25, 0.3) is 0 Å². The predicted molar refractivity (Wildman–Crippen MR) is 230 cm³/mol. The molecule has 0 aromatic heterocycles. The number of aryl methyl sites for hydroxylation is 1. The van der Waals surface area contributed by atoms with E-state index in [1.54, 1.807) is 0 Å². The van der Waals surface area contributed by atoms with Crippen molar-refractivity contribution in [3.63, 3.8) is 0 Å². The van der Waals surface area contributed by atoms with Gasteiger partial charge in [-0.2, -0.15) is 0 Å². The number of benzene rings is 1. The summed E-state index contributed by atoms with van der Waals surface area (Å²) < 4.78 is 5.15. The third-order valence-corrected chi connectivity index (χ3v) is 8.40. The molecular formula is C48H96O2. The highest BCUT2D eigenvalue weighted by molar-refractivity contribution is 5.69. The van der Waals surface area contributed by atoms with Crippen molar-refractivity contribution in [3.8, 4) is 0 Å². The molecule has 0 bridgehead atoms. The highest BCUT2D eigenvalue weighted by Crippen LogP contribution is 2.28. The standard InChI is InChI=1S/C11H22.C11H16.C10H20O2.C8H18.C7H16.CH4/c2*1-10(2)8-9-11-6-4-3-5-7-11;1-8(2)6-7-9(11)12-10(3,4)5;1-4-5-6-7-8(2)3;1-6(2)5-7(3)4;/h10-11H,3-9H2,1-2H3;3-7,10H,8-9H2,1-2H3;8H,6-7H2,1-5H3;8H,4-7H2,1-3H3;6-7H,5H2,1-4H3;1H4. The highest BCUT2D eigenvalue weighted by Gasteiger charge is 2.16. The largest absolute Gasteiger partial charge is 0.460 e. The Bertz CT molecular complexity index is 785. The van der Waals surface area contributed by atoms with Gasteiger partial charge in [0.2, 0.25) is 0 Å². The van der Waals surface area contributed by atoms with Crippen molar-refractivity contribution in [2.75, 3.05) is 0 Å². The third-order valence-electron chi connectivity index (χ3n) is 8.40. The van der Waals surface area contributed by atoms with Crippen LogP contribution in [-0.4, -0.2) is 11.6 Å². The smallest absolute Gasteiger partial charge is 0.306 e. The van der Waals surface area contributed by atoms with Crippen molar-refractivity contribution in [1.29, 1.82) is 0 Å². The minimum absolute atomic E-state index is 0. The average Bonchev–Trinajstić information content (AvgIpc) is 2.99. The van der Waals surface area contributed by atoms with Crippen LogP contribution in [0, 0.1) is 41.4 Å². The predicted octanol–water partition coefficient (Wildman–Crippen LogP) is 16.6. The lowest BCUT2D eigenvalue weighted by molar-refractivity contribution is -0.155. The Kier molecular flexibility index (Phi) is 40.0. The Morgan fingerprint density at radius 1 is 0.660 bits per heavy atom. The van der Waals surface area contributed by atoms with Crippen LogP contribution in [-0.2, 0) is 16.0 Å². The van der Waals surface area contributed by atoms with Gasteiger partial charge in [-0.3, -0.25) is 4.79 Å². The minimum Gasteiger partial charge on any atom is -0.460 e. The molecule has 0 spiro atoms. The number of esters is 1. The van der Waals surface area contributed by atoms with E-state index >= 15 is 0 Å². The van der Waals surface area contributed by atoms with E-state index in [0.717, 1.165) is 41.9 Å². The summed E-state index contributed by atoms with van der Waals surface area (Å²) in [5.74, 6) is 5.95. The molecule has 0 saturated heterocycles. The third kappa shape index (κ3) is 51.1. The van der Waals surface area contributed by atoms with Crippen molar-refractivity contribution in [2.45, 2.75) is 227 Å². The van der Waals surface area contributed by atoms with E-state index in [4.69, 9.17) is 4.74 Å². The second-order valence-corrected chi connectivity index (χ2v) is 18.3. The van der Waals surface area contributed by atoms with Crippen molar-refractivity contribution in [1.82, 2.24) is 0 Å². The molecule has 0 amide bonds. The fourth-order valence-electron chi connectivity index (χ4n) is 5.69. The summed E-state index contributed by atoms with van der Waals surface area (Å²) in [6.45, 7) is 35.0. The summed E-state index contributed by atoms with van der Waals surface area (Å²) in [5.41, 5.74) is 1.12. The van der Waals surface area contributed by atoms with Gasteiger partial charge in [0, 0.05) is 6.42 Å². The molecule has 2 nitrogen and oxygen atoms in total. The maximum absolute atomic E-state index is 11.1. The first-order chi connectivity index (χ1) is 22.8. The number of hydrogen-bond donors (Lipinski definition) is 0. The fourth-order valence-corrected chi connectivity index (χ4v) is 5.69. The Morgan fingerprint density at radius 3 is 1.52 bits per heavy atom. The van der Waals surface area contributed by atoms with Gasteiger partial charge in [0.05, 0.1) is 0 Å². The Labute approximate surface area is 318 Å². The van der Waals surface area contributed by atoms with Crippen molar-refractivity contribution >= 4 is 5.97 Å². The molecule has 0 heterocycles. The van der Waals surface area contributed by atoms with Crippen LogP contribution in [0.2, 0.25) is 0 Å². The summed E-state index contributed by atoms with van der Waals surface area (Å²) in [7, 11) is 0. The first-order valence-corrected chi connectivity index (χ1v) is 21.0. The summed E-state index contributed by atoms with van der Waals surface area (Å²) in [4.78, 5) is 11.1. The quantitative estimate of drug-likeness (QED) is 0.134. The lowest BCUT2D eigenvalue weighted by atomic mass is 9.85. The molecule has 1 aromatic rings. The van der Waals surface area contributed by atoms with E-state index in [0.29, 0.717) is 12.3 Å². The molecule has 300 valence electrons. The van der Waals surface area contributed by atoms with Gasteiger partial charge < -0.3 is 4.74 Å². The first-order valence-electron chi connectivity index (χ1n) is 21.0. The Hall–Kier alpha value is -1.31. The summed E-state index contributed by atoms with van der Waals surface area (Å²) in [6.07, 6.45) is 21.4. The molecule has 0 radical (unpaired) electrons. The summed E-state index contributed by atoms with van der Waals surface area (Å²) in [5, 5.41) is 0. The molecule has 2 rings (SSSR count). The second-order valence-electron chi connectivity index (χ2n) is 18.3. The Morgan fingerprint density at radius 2 is 1.14 bits per heavy atom. The average molecular weight is 705 g/mol. The van der Waals surface area contributed by atoms with Gasteiger partial charge in [-0.05, 0) is 93.4 Å². The topological polar surface area (TPSA) is 26.3 Å². The molecule has 0 N–H and O–H groups in total. The van der Waals surface area contributed by atoms with E-state index in [-0.39, 0.29) is 19.0 Å². The van der Waals surface area contributed by atoms with Crippen LogP contribution in [0.15, 0.2) is 30.3 Å². The molecule has 1 aliphatic rings. The van der Waals surface area contributed by atoms with Gasteiger partial charge in [0.25, 0.3) is 0 Å². The van der Waals surface area contributed by atoms with E-state index in [1.165, 1.54) is 95.5 Å². The van der Waals surface area contributed by atoms with Crippen molar-refractivity contribution in [3.05, 3.63) is 35.9 Å². The summed E-state index contributed by atoms with van der Waals surface area (Å²) in [6, 6.07) is 10.7. The maximum atomic E-state index is 11.1. The van der Waals surface area contributed by atoms with Crippen LogP contribution in [0.1, 0.15) is 220 Å². The van der Waals surface area contributed by atoms with Gasteiger partial charge in [-0.15, -0.1) is 0 Å². The first kappa shape index (κ1) is 55.4. The monoisotopic (exact) mass is 705 g/mol. The lowest BCUT2D eigenvalue weighted by Crippen LogP contribution is -2.23. The van der Waals surface area contributed by atoms with Crippen LogP contribution in [0.5, 0.6) is 0 Å². The highest BCUT2D eigenvalue weighted by atomic mass is 16.6. The van der Waals surface area contributed by atoms with Gasteiger partial charge >= 0.3 is 5.97 Å². The molecular weight excluding hydrogens is 609 g/mol. The number of carbonyl (C=O) groups is 1. The van der Waals surface area contributed by atoms with Gasteiger partial charge in [-0.1, -0.05) is 198 Å². The molecule has 2 heteroatoms. The zero-order valence-electron chi connectivity index (χ0n) is 36.6. The van der Waals surface area contributed by atoms with Crippen LogP contribution >= 0.6 is 0 Å². The zero-order chi connectivity index (χ0) is 38.3. The lowest BCUT2D eigenvalue weighted by Gasteiger charge is -2.21. The number of hydrogen-bond acceptors (Lipinski definition) is 2. The van der Waals surface area contributed by atoms with Crippen LogP contribution in [0.3, 0.4) is 0 Å². The van der Waals surface area contributed by atoms with Crippen LogP contribution < -0.4 is 0 Å². The molecule has 50 heavy (non-hydrogen) atoms. The van der Waals surface area contributed by atoms with E-state index in [9.17, 15) is 4.79 Å². The minimum atomic E-state index is -0.339. The van der Waals surface area contributed by atoms with E-state index < -0.39 is 0 Å². The molecule has 1 fully saturated rings. The zero-order valence-corrected chi connectivity index (χ0v) is 36.6. The van der Waals surface area contributed by atoms with Gasteiger partial charge in [-0.25, -0.2) is 0 Å². The van der Waals surface area contributed by atoms with Crippen molar-refractivity contribution in [2.24, 2.45) is 41.4 Å². The van der Waals surface area contributed by atoms with E-state index in [2.05, 4.69) is 120 Å². The molecule has 1 aliphatic carbocycles.